The van der Waals surface area contributed by atoms with E-state index in [9.17, 15) is 28.0 Å². The lowest BCUT2D eigenvalue weighted by Crippen LogP contribution is -2.20. The number of carbonyl (C=O) groups excluding carboxylic acids is 2. The van der Waals surface area contributed by atoms with Gasteiger partial charge in [0.25, 0.3) is 11.8 Å². The van der Waals surface area contributed by atoms with Gasteiger partial charge in [-0.2, -0.15) is 18.4 Å². The molecule has 0 saturated heterocycles. The Balaban J connectivity index is 1.76. The summed E-state index contributed by atoms with van der Waals surface area (Å²) in [6.07, 6.45) is -3.36. The van der Waals surface area contributed by atoms with Gasteiger partial charge in [-0.15, -0.1) is 0 Å². The third-order valence-corrected chi connectivity index (χ3v) is 4.99. The number of alkyl halides is 3. The van der Waals surface area contributed by atoms with E-state index < -0.39 is 23.6 Å². The Morgan fingerprint density at radius 3 is 2.37 bits per heavy atom. The van der Waals surface area contributed by atoms with Crippen LogP contribution in [0.25, 0.3) is 6.08 Å². The number of carbonyl (C=O) groups is 2. The highest BCUT2D eigenvalue weighted by Gasteiger charge is 2.30. The van der Waals surface area contributed by atoms with Crippen LogP contribution in [0.3, 0.4) is 0 Å². The van der Waals surface area contributed by atoms with Crippen molar-refractivity contribution in [1.29, 1.82) is 5.26 Å². The van der Waals surface area contributed by atoms with Crippen molar-refractivity contribution in [2.24, 2.45) is 0 Å². The van der Waals surface area contributed by atoms with Crippen molar-refractivity contribution in [1.82, 2.24) is 0 Å². The normalized spacial score (nSPS) is 11.3. The molecular formula is C25H17BrF3N3O3. The van der Waals surface area contributed by atoms with Gasteiger partial charge in [0.1, 0.15) is 17.4 Å². The number of amides is 2. The largest absolute Gasteiger partial charge is 0.483 e. The van der Waals surface area contributed by atoms with Gasteiger partial charge >= 0.3 is 6.18 Å². The molecule has 10 heteroatoms. The van der Waals surface area contributed by atoms with E-state index >= 15 is 0 Å². The second-order valence-electron chi connectivity index (χ2n) is 7.09. The van der Waals surface area contributed by atoms with Crippen molar-refractivity contribution in [2.75, 3.05) is 17.2 Å². The molecule has 6 nitrogen and oxygen atoms in total. The van der Waals surface area contributed by atoms with Crippen molar-refractivity contribution in [3.05, 3.63) is 94.0 Å². The summed E-state index contributed by atoms with van der Waals surface area (Å²) in [5.74, 6) is -1.10. The predicted octanol–water partition coefficient (Wildman–Crippen LogP) is 6.03. The molecule has 0 aliphatic rings. The Kier molecular flexibility index (Phi) is 8.28. The first-order chi connectivity index (χ1) is 16.7. The molecule has 0 aliphatic carbocycles. The highest BCUT2D eigenvalue weighted by Crippen LogP contribution is 2.31. The monoisotopic (exact) mass is 543 g/mol. The van der Waals surface area contributed by atoms with Crippen LogP contribution in [-0.4, -0.2) is 18.4 Å². The first-order valence-corrected chi connectivity index (χ1v) is 10.8. The maximum Gasteiger partial charge on any atom is 0.416 e. The molecule has 0 aliphatic heterocycles. The lowest BCUT2D eigenvalue weighted by molar-refractivity contribution is -0.137. The van der Waals surface area contributed by atoms with Crippen LogP contribution in [0.15, 0.2) is 82.8 Å². The molecule has 0 saturated carbocycles. The second kappa shape index (κ2) is 11.4. The van der Waals surface area contributed by atoms with E-state index in [0.29, 0.717) is 15.7 Å². The van der Waals surface area contributed by atoms with E-state index in [1.54, 1.807) is 48.5 Å². The average molecular weight is 544 g/mol. The first-order valence-electron chi connectivity index (χ1n) is 10.0. The number of ether oxygens (including phenoxy) is 1. The van der Waals surface area contributed by atoms with Crippen molar-refractivity contribution in [3.8, 4) is 11.8 Å². The first kappa shape index (κ1) is 25.5. The van der Waals surface area contributed by atoms with E-state index in [-0.39, 0.29) is 23.6 Å². The number of nitrogens with one attached hydrogen (secondary N) is 2. The molecule has 0 fully saturated rings. The highest BCUT2D eigenvalue weighted by molar-refractivity contribution is 9.10. The molecule has 0 atom stereocenters. The molecule has 0 spiro atoms. The fourth-order valence-corrected chi connectivity index (χ4v) is 3.28. The Morgan fingerprint density at radius 1 is 0.971 bits per heavy atom. The summed E-state index contributed by atoms with van der Waals surface area (Å²) in [6.45, 7) is -0.338. The van der Waals surface area contributed by atoms with Crippen LogP contribution in [0.5, 0.6) is 5.75 Å². The Labute approximate surface area is 207 Å². The number of nitriles is 1. The van der Waals surface area contributed by atoms with E-state index in [0.717, 1.165) is 18.2 Å². The molecule has 0 radical (unpaired) electrons. The molecule has 0 aromatic heterocycles. The molecule has 3 aromatic rings. The second-order valence-corrected chi connectivity index (χ2v) is 8.00. The summed E-state index contributed by atoms with van der Waals surface area (Å²) >= 11 is 3.30. The summed E-state index contributed by atoms with van der Waals surface area (Å²) in [7, 11) is 0. The molecule has 2 N–H and O–H groups in total. The number of halogens is 4. The standard InChI is InChI=1S/C25H17BrF3N3O3/c26-19-9-10-22(35-15-23(33)31-20-6-2-1-3-7-20)16(12-19)11-17(14-30)24(34)32-21-8-4-5-18(13-21)25(27,28)29/h1-13H,15H2,(H,31,33)(H,32,34). The smallest absolute Gasteiger partial charge is 0.416 e. The van der Waals surface area contributed by atoms with Crippen LogP contribution in [0.1, 0.15) is 11.1 Å². The molecular weight excluding hydrogens is 527 g/mol. The van der Waals surface area contributed by atoms with Gasteiger partial charge in [0, 0.05) is 21.4 Å². The van der Waals surface area contributed by atoms with Crippen LogP contribution < -0.4 is 15.4 Å². The lowest BCUT2D eigenvalue weighted by Gasteiger charge is -2.11. The molecule has 3 aromatic carbocycles. The molecule has 0 bridgehead atoms. The molecule has 0 unspecified atom stereocenters. The van der Waals surface area contributed by atoms with E-state index in [1.165, 1.54) is 12.1 Å². The Morgan fingerprint density at radius 2 is 1.69 bits per heavy atom. The number of benzene rings is 3. The van der Waals surface area contributed by atoms with Crippen molar-refractivity contribution in [3.63, 3.8) is 0 Å². The number of hydrogen-bond acceptors (Lipinski definition) is 4. The number of anilines is 2. The lowest BCUT2D eigenvalue weighted by atomic mass is 10.1. The number of rotatable bonds is 7. The van der Waals surface area contributed by atoms with Gasteiger partial charge in [-0.05, 0) is 54.6 Å². The minimum Gasteiger partial charge on any atom is -0.483 e. The minimum atomic E-state index is -4.58. The number of nitrogens with zero attached hydrogens (tertiary/aromatic N) is 1. The van der Waals surface area contributed by atoms with E-state index in [2.05, 4.69) is 26.6 Å². The fourth-order valence-electron chi connectivity index (χ4n) is 2.90. The summed E-state index contributed by atoms with van der Waals surface area (Å²) in [5, 5.41) is 14.4. The SMILES string of the molecule is N#CC(=Cc1cc(Br)ccc1OCC(=O)Nc1ccccc1)C(=O)Nc1cccc(C(F)(F)F)c1. The Bertz CT molecular complexity index is 1300. The minimum absolute atomic E-state index is 0.116. The summed E-state index contributed by atoms with van der Waals surface area (Å²) in [5.41, 5.74) is -0.528. The van der Waals surface area contributed by atoms with Crippen LogP contribution in [0.2, 0.25) is 0 Å². The summed E-state index contributed by atoms with van der Waals surface area (Å²) in [6, 6.07) is 19.3. The maximum absolute atomic E-state index is 12.9. The zero-order valence-electron chi connectivity index (χ0n) is 17.9. The molecule has 0 heterocycles. The molecule has 2 amide bonds. The predicted molar refractivity (Wildman–Crippen MR) is 128 cm³/mol. The number of para-hydroxylation sites is 1. The van der Waals surface area contributed by atoms with Crippen molar-refractivity contribution < 1.29 is 27.5 Å². The highest BCUT2D eigenvalue weighted by atomic mass is 79.9. The molecule has 35 heavy (non-hydrogen) atoms. The maximum atomic E-state index is 12.9. The van der Waals surface area contributed by atoms with Crippen molar-refractivity contribution in [2.45, 2.75) is 6.18 Å². The van der Waals surface area contributed by atoms with Gasteiger partial charge in [-0.3, -0.25) is 9.59 Å². The van der Waals surface area contributed by atoms with Crippen LogP contribution >= 0.6 is 15.9 Å². The van der Waals surface area contributed by atoms with Gasteiger partial charge < -0.3 is 15.4 Å². The number of hydrogen-bond donors (Lipinski definition) is 2. The Hall–Kier alpha value is -4.10. The summed E-state index contributed by atoms with van der Waals surface area (Å²) < 4.78 is 45.0. The van der Waals surface area contributed by atoms with Gasteiger partial charge in [-0.1, -0.05) is 40.2 Å². The zero-order chi connectivity index (χ0) is 25.4. The average Bonchev–Trinajstić information content (AvgIpc) is 2.82. The van der Waals surface area contributed by atoms with Crippen LogP contribution in [0, 0.1) is 11.3 Å². The van der Waals surface area contributed by atoms with Gasteiger partial charge in [-0.25, -0.2) is 0 Å². The van der Waals surface area contributed by atoms with Crippen LogP contribution in [-0.2, 0) is 15.8 Å². The van der Waals surface area contributed by atoms with Gasteiger partial charge in [0.2, 0.25) is 0 Å². The van der Waals surface area contributed by atoms with Gasteiger partial charge in [0.05, 0.1) is 5.56 Å². The third-order valence-electron chi connectivity index (χ3n) is 4.50. The quantitative estimate of drug-likeness (QED) is 0.281. The molecule has 178 valence electrons. The topological polar surface area (TPSA) is 91.2 Å². The van der Waals surface area contributed by atoms with E-state index in [4.69, 9.17) is 4.74 Å². The fraction of sp³-hybridized carbons (Fsp3) is 0.0800. The van der Waals surface area contributed by atoms with Crippen LogP contribution in [0.4, 0.5) is 24.5 Å². The molecule has 3 rings (SSSR count). The van der Waals surface area contributed by atoms with Crippen molar-refractivity contribution >= 4 is 45.2 Å². The summed E-state index contributed by atoms with van der Waals surface area (Å²) in [4.78, 5) is 24.8. The van der Waals surface area contributed by atoms with Gasteiger partial charge in [0.15, 0.2) is 6.61 Å². The zero-order valence-corrected chi connectivity index (χ0v) is 19.5. The van der Waals surface area contributed by atoms with E-state index in [1.807, 2.05) is 6.07 Å². The third kappa shape index (κ3) is 7.45.